The molecule has 1 aromatic carbocycles. The molecule has 0 atom stereocenters. The van der Waals surface area contributed by atoms with Crippen LogP contribution in [0.3, 0.4) is 0 Å². The second kappa shape index (κ2) is 8.96. The van der Waals surface area contributed by atoms with E-state index >= 15 is 0 Å². The van der Waals surface area contributed by atoms with E-state index in [1.807, 2.05) is 0 Å². The Bertz CT molecular complexity index is 1020. The first kappa shape index (κ1) is 20.0. The summed E-state index contributed by atoms with van der Waals surface area (Å²) in [6.07, 6.45) is 3.27. The molecule has 2 amide bonds. The SMILES string of the molecule is Cn1cccc1C(=O)NC(=O)COC(=O)CCc1ncc(-c2ccc(F)cc2)o1. The van der Waals surface area contributed by atoms with Crippen LogP contribution in [0.4, 0.5) is 4.39 Å². The molecule has 0 unspecified atom stereocenters. The lowest BCUT2D eigenvalue weighted by Crippen LogP contribution is -2.35. The van der Waals surface area contributed by atoms with E-state index in [4.69, 9.17) is 9.15 Å². The van der Waals surface area contributed by atoms with E-state index in [1.165, 1.54) is 18.3 Å². The molecule has 3 aromatic rings. The van der Waals surface area contributed by atoms with Gasteiger partial charge in [-0.05, 0) is 36.4 Å². The number of aryl methyl sites for hydroxylation is 2. The Kier molecular flexibility index (Phi) is 6.18. The normalized spacial score (nSPS) is 10.6. The molecule has 0 aliphatic carbocycles. The minimum absolute atomic E-state index is 0.0532. The minimum atomic E-state index is -0.723. The van der Waals surface area contributed by atoms with Crippen molar-refractivity contribution in [1.82, 2.24) is 14.9 Å². The third-order valence-electron chi connectivity index (χ3n) is 4.02. The fourth-order valence-electron chi connectivity index (χ4n) is 2.52. The van der Waals surface area contributed by atoms with Gasteiger partial charge in [0.25, 0.3) is 11.8 Å². The monoisotopic (exact) mass is 399 g/mol. The Balaban J connectivity index is 1.42. The van der Waals surface area contributed by atoms with Crippen LogP contribution in [-0.2, 0) is 27.8 Å². The van der Waals surface area contributed by atoms with E-state index in [1.54, 1.807) is 42.1 Å². The van der Waals surface area contributed by atoms with Gasteiger partial charge in [-0.3, -0.25) is 19.7 Å². The van der Waals surface area contributed by atoms with Gasteiger partial charge < -0.3 is 13.7 Å². The fraction of sp³-hybridized carbons (Fsp3) is 0.200. The summed E-state index contributed by atoms with van der Waals surface area (Å²) in [6, 6.07) is 8.96. The zero-order valence-electron chi connectivity index (χ0n) is 15.6. The van der Waals surface area contributed by atoms with E-state index < -0.39 is 24.4 Å². The number of ether oxygens (including phenoxy) is 1. The van der Waals surface area contributed by atoms with Crippen LogP contribution in [0, 0.1) is 5.82 Å². The van der Waals surface area contributed by atoms with Crippen LogP contribution in [0.2, 0.25) is 0 Å². The van der Waals surface area contributed by atoms with Gasteiger partial charge in [0.05, 0.1) is 12.6 Å². The molecule has 0 bridgehead atoms. The van der Waals surface area contributed by atoms with Crippen LogP contribution in [0.5, 0.6) is 0 Å². The standard InChI is InChI=1S/C20H18FN3O5/c1-24-10-2-3-15(24)20(27)23-17(25)12-28-19(26)9-8-18-22-11-16(29-18)13-4-6-14(21)7-5-13/h2-7,10-11H,8-9,12H2,1H3,(H,23,25,27). The molecule has 2 aromatic heterocycles. The summed E-state index contributed by atoms with van der Waals surface area (Å²) in [5, 5.41) is 2.14. The summed E-state index contributed by atoms with van der Waals surface area (Å²) in [7, 11) is 1.67. The zero-order chi connectivity index (χ0) is 20.8. The topological polar surface area (TPSA) is 103 Å². The first-order valence-corrected chi connectivity index (χ1v) is 8.74. The maximum absolute atomic E-state index is 13.0. The number of rotatable bonds is 7. The number of carbonyl (C=O) groups excluding carboxylic acids is 3. The smallest absolute Gasteiger partial charge is 0.306 e. The van der Waals surface area contributed by atoms with Gasteiger partial charge in [0.2, 0.25) is 0 Å². The average molecular weight is 399 g/mol. The molecule has 0 aliphatic rings. The minimum Gasteiger partial charge on any atom is -0.456 e. The molecule has 8 nitrogen and oxygen atoms in total. The number of carbonyl (C=O) groups is 3. The van der Waals surface area contributed by atoms with Crippen molar-refractivity contribution >= 4 is 17.8 Å². The number of halogens is 1. The van der Waals surface area contributed by atoms with Crippen LogP contribution < -0.4 is 5.32 Å². The molecular weight excluding hydrogens is 381 g/mol. The van der Waals surface area contributed by atoms with Gasteiger partial charge in [-0.1, -0.05) is 0 Å². The van der Waals surface area contributed by atoms with Crippen molar-refractivity contribution in [3.63, 3.8) is 0 Å². The van der Waals surface area contributed by atoms with Gasteiger partial charge in [-0.2, -0.15) is 0 Å². The number of nitrogens with zero attached hydrogens (tertiary/aromatic N) is 2. The Morgan fingerprint density at radius 3 is 2.66 bits per heavy atom. The van der Waals surface area contributed by atoms with Crippen molar-refractivity contribution < 1.29 is 27.9 Å². The first-order chi connectivity index (χ1) is 13.9. The van der Waals surface area contributed by atoms with Crippen molar-refractivity contribution in [1.29, 1.82) is 0 Å². The molecule has 0 aliphatic heterocycles. The van der Waals surface area contributed by atoms with Gasteiger partial charge in [0.1, 0.15) is 11.5 Å². The maximum atomic E-state index is 13.0. The third kappa shape index (κ3) is 5.38. The second-order valence-electron chi connectivity index (χ2n) is 6.17. The summed E-state index contributed by atoms with van der Waals surface area (Å²) in [6.45, 7) is -0.568. The van der Waals surface area contributed by atoms with E-state index in [9.17, 15) is 18.8 Å². The molecule has 0 saturated carbocycles. The van der Waals surface area contributed by atoms with Crippen LogP contribution >= 0.6 is 0 Å². The van der Waals surface area contributed by atoms with E-state index in [-0.39, 0.29) is 18.7 Å². The Morgan fingerprint density at radius 2 is 1.97 bits per heavy atom. The van der Waals surface area contributed by atoms with E-state index in [2.05, 4.69) is 10.3 Å². The third-order valence-corrected chi connectivity index (χ3v) is 4.02. The second-order valence-corrected chi connectivity index (χ2v) is 6.17. The number of imide groups is 1. The Labute approximate surface area is 165 Å². The van der Waals surface area contributed by atoms with Crippen LogP contribution in [-0.4, -0.2) is 33.9 Å². The first-order valence-electron chi connectivity index (χ1n) is 8.74. The molecule has 150 valence electrons. The molecule has 0 radical (unpaired) electrons. The lowest BCUT2D eigenvalue weighted by Gasteiger charge is -2.06. The molecule has 3 rings (SSSR count). The van der Waals surface area contributed by atoms with Crippen LogP contribution in [0.15, 0.2) is 53.2 Å². The Hall–Kier alpha value is -3.75. The summed E-state index contributed by atoms with van der Waals surface area (Å²) in [4.78, 5) is 39.5. The van der Waals surface area contributed by atoms with Gasteiger partial charge in [0.15, 0.2) is 18.3 Å². The predicted octanol–water partition coefficient (Wildman–Crippen LogP) is 2.25. The van der Waals surface area contributed by atoms with Gasteiger partial charge in [-0.15, -0.1) is 0 Å². The van der Waals surface area contributed by atoms with Crippen molar-refractivity contribution in [3.05, 3.63) is 66.2 Å². The predicted molar refractivity (Wildman–Crippen MR) is 99.1 cm³/mol. The largest absolute Gasteiger partial charge is 0.456 e. The van der Waals surface area contributed by atoms with E-state index in [0.717, 1.165) is 0 Å². The lowest BCUT2D eigenvalue weighted by atomic mass is 10.2. The fourth-order valence-corrected chi connectivity index (χ4v) is 2.52. The molecule has 2 heterocycles. The van der Waals surface area contributed by atoms with Crippen molar-refractivity contribution in [2.45, 2.75) is 12.8 Å². The summed E-state index contributed by atoms with van der Waals surface area (Å²) >= 11 is 0. The molecule has 0 spiro atoms. The number of amides is 2. The lowest BCUT2D eigenvalue weighted by molar-refractivity contribution is -0.148. The molecular formula is C20H18FN3O5. The highest BCUT2D eigenvalue weighted by Gasteiger charge is 2.15. The molecule has 0 fully saturated rings. The molecule has 1 N–H and O–H groups in total. The summed E-state index contributed by atoms with van der Waals surface area (Å²) < 4.78 is 24.9. The van der Waals surface area contributed by atoms with Crippen LogP contribution in [0.25, 0.3) is 11.3 Å². The molecule has 0 saturated heterocycles. The number of aromatic nitrogens is 2. The molecule has 9 heteroatoms. The highest BCUT2D eigenvalue weighted by Crippen LogP contribution is 2.21. The Morgan fingerprint density at radius 1 is 1.21 bits per heavy atom. The van der Waals surface area contributed by atoms with E-state index in [0.29, 0.717) is 22.9 Å². The number of hydrogen-bond donors (Lipinski definition) is 1. The number of nitrogens with one attached hydrogen (secondary N) is 1. The van der Waals surface area contributed by atoms with Crippen molar-refractivity contribution in [3.8, 4) is 11.3 Å². The number of esters is 1. The summed E-state index contributed by atoms with van der Waals surface area (Å²) in [5.74, 6) is -1.53. The summed E-state index contributed by atoms with van der Waals surface area (Å²) in [5.41, 5.74) is 0.970. The quantitative estimate of drug-likeness (QED) is 0.611. The van der Waals surface area contributed by atoms with Gasteiger partial charge in [0, 0.05) is 25.2 Å². The van der Waals surface area contributed by atoms with Gasteiger partial charge in [-0.25, -0.2) is 9.37 Å². The number of benzene rings is 1. The van der Waals surface area contributed by atoms with Gasteiger partial charge >= 0.3 is 5.97 Å². The van der Waals surface area contributed by atoms with Crippen molar-refractivity contribution in [2.24, 2.45) is 7.05 Å². The highest BCUT2D eigenvalue weighted by atomic mass is 19.1. The number of hydrogen-bond acceptors (Lipinski definition) is 6. The maximum Gasteiger partial charge on any atom is 0.306 e. The average Bonchev–Trinajstić information content (AvgIpc) is 3.34. The zero-order valence-corrected chi connectivity index (χ0v) is 15.6. The molecule has 29 heavy (non-hydrogen) atoms. The van der Waals surface area contributed by atoms with Crippen LogP contribution in [0.1, 0.15) is 22.8 Å². The highest BCUT2D eigenvalue weighted by molar-refractivity contribution is 6.04. The van der Waals surface area contributed by atoms with Crippen molar-refractivity contribution in [2.75, 3.05) is 6.61 Å². The number of oxazole rings is 1.